The molecule has 0 aliphatic heterocycles. The standard InChI is InChI=1S/C14H23N3O3S.Li/c1-8(2)11(13(18)19)16-14(20)17(5)6-10-7-21-12(15-10)9(3)4;/h7-9,11H,6H2,1-5H3,(H,16,20)(H,18,19);/t11-;/m0./s1. The van der Waals surface area contributed by atoms with E-state index in [1.165, 1.54) is 4.90 Å². The summed E-state index contributed by atoms with van der Waals surface area (Å²) in [5.74, 6) is -0.839. The van der Waals surface area contributed by atoms with Crippen LogP contribution in [0.3, 0.4) is 0 Å². The Labute approximate surface area is 147 Å². The summed E-state index contributed by atoms with van der Waals surface area (Å²) < 4.78 is 0. The zero-order valence-corrected chi connectivity index (χ0v) is 14.9. The fraction of sp³-hybridized carbons (Fsp3) is 0.643. The molecule has 22 heavy (non-hydrogen) atoms. The van der Waals surface area contributed by atoms with E-state index in [2.05, 4.69) is 24.1 Å². The van der Waals surface area contributed by atoms with Gasteiger partial charge in [-0.3, -0.25) is 0 Å². The molecule has 1 atom stereocenters. The maximum Gasteiger partial charge on any atom is 0.326 e. The number of nitrogens with one attached hydrogen (secondary N) is 1. The third-order valence-electron chi connectivity index (χ3n) is 3.02. The molecule has 0 aliphatic carbocycles. The van der Waals surface area contributed by atoms with Crippen LogP contribution in [0.5, 0.6) is 0 Å². The summed E-state index contributed by atoms with van der Waals surface area (Å²) in [5, 5.41) is 14.6. The number of thiazole rings is 1. The molecular weight excluding hydrogens is 297 g/mol. The number of amides is 2. The fourth-order valence-electron chi connectivity index (χ4n) is 1.73. The SMILES string of the molecule is CC(C)c1nc(CN(C)C(=O)N[C@H](C(=O)O)C(C)C)cs1.[Li]. The van der Waals surface area contributed by atoms with Crippen molar-refractivity contribution in [2.75, 3.05) is 7.05 Å². The minimum Gasteiger partial charge on any atom is -0.480 e. The van der Waals surface area contributed by atoms with Crippen molar-refractivity contribution in [2.45, 2.75) is 46.2 Å². The van der Waals surface area contributed by atoms with Crippen LogP contribution in [0.15, 0.2) is 5.38 Å². The Bertz CT molecular complexity index is 505. The first-order valence-corrected chi connectivity index (χ1v) is 7.79. The summed E-state index contributed by atoms with van der Waals surface area (Å²) in [7, 11) is 1.63. The molecule has 0 saturated heterocycles. The first-order valence-electron chi connectivity index (χ1n) is 6.91. The second-order valence-electron chi connectivity index (χ2n) is 5.70. The van der Waals surface area contributed by atoms with Crippen LogP contribution in [0.25, 0.3) is 0 Å². The van der Waals surface area contributed by atoms with Crippen molar-refractivity contribution in [3.63, 3.8) is 0 Å². The van der Waals surface area contributed by atoms with Gasteiger partial charge in [-0.05, 0) is 5.92 Å². The maximum absolute atomic E-state index is 12.0. The Morgan fingerprint density at radius 2 is 1.95 bits per heavy atom. The molecule has 2 amide bonds. The predicted molar refractivity (Wildman–Crippen MR) is 88.2 cm³/mol. The minimum absolute atomic E-state index is 0. The summed E-state index contributed by atoms with van der Waals surface area (Å²) >= 11 is 1.57. The van der Waals surface area contributed by atoms with Gasteiger partial charge in [-0.15, -0.1) is 11.3 Å². The van der Waals surface area contributed by atoms with Crippen molar-refractivity contribution in [1.29, 1.82) is 0 Å². The van der Waals surface area contributed by atoms with E-state index in [0.29, 0.717) is 12.5 Å². The van der Waals surface area contributed by atoms with E-state index in [1.54, 1.807) is 32.2 Å². The number of nitrogens with zero attached hydrogens (tertiary/aromatic N) is 2. The predicted octanol–water partition coefficient (Wildman–Crippen LogP) is 2.14. The number of carboxylic acid groups (broad SMARTS) is 1. The van der Waals surface area contributed by atoms with Crippen molar-refractivity contribution >= 4 is 42.2 Å². The minimum atomic E-state index is -1.03. The zero-order chi connectivity index (χ0) is 16.2. The second kappa shape index (κ2) is 9.18. The van der Waals surface area contributed by atoms with Gasteiger partial charge in [0.2, 0.25) is 0 Å². The third kappa shape index (κ3) is 5.99. The van der Waals surface area contributed by atoms with E-state index in [9.17, 15) is 9.59 Å². The van der Waals surface area contributed by atoms with Gasteiger partial charge in [0, 0.05) is 37.2 Å². The van der Waals surface area contributed by atoms with E-state index in [-0.39, 0.29) is 24.8 Å². The summed E-state index contributed by atoms with van der Waals surface area (Å²) in [4.78, 5) is 29.0. The number of hydrogen-bond donors (Lipinski definition) is 2. The number of rotatable bonds is 6. The van der Waals surface area contributed by atoms with Gasteiger partial charge in [0.05, 0.1) is 17.2 Å². The van der Waals surface area contributed by atoms with Gasteiger partial charge in [-0.1, -0.05) is 27.7 Å². The van der Waals surface area contributed by atoms with Crippen LogP contribution in [0.1, 0.15) is 44.3 Å². The summed E-state index contributed by atoms with van der Waals surface area (Å²) in [5.41, 5.74) is 0.817. The third-order valence-corrected chi connectivity index (χ3v) is 4.22. The van der Waals surface area contributed by atoms with Gasteiger partial charge in [0.1, 0.15) is 6.04 Å². The molecule has 1 aromatic heterocycles. The van der Waals surface area contributed by atoms with Crippen LogP contribution < -0.4 is 5.32 Å². The molecule has 0 unspecified atom stereocenters. The van der Waals surface area contributed by atoms with Crippen molar-refractivity contribution in [2.24, 2.45) is 5.92 Å². The Hall–Kier alpha value is -1.03. The monoisotopic (exact) mass is 320 g/mol. The summed E-state index contributed by atoms with van der Waals surface area (Å²) in [6.07, 6.45) is 0. The van der Waals surface area contributed by atoms with Crippen LogP contribution in [0.2, 0.25) is 0 Å². The van der Waals surface area contributed by atoms with Crippen LogP contribution in [0.4, 0.5) is 4.79 Å². The van der Waals surface area contributed by atoms with Crippen molar-refractivity contribution in [3.8, 4) is 0 Å². The Morgan fingerprint density at radius 1 is 1.36 bits per heavy atom. The molecule has 0 spiro atoms. The Morgan fingerprint density at radius 3 is 2.36 bits per heavy atom. The van der Waals surface area contributed by atoms with E-state index in [4.69, 9.17) is 5.11 Å². The molecule has 0 saturated carbocycles. The average molecular weight is 320 g/mol. The van der Waals surface area contributed by atoms with Crippen LogP contribution in [-0.2, 0) is 11.3 Å². The molecular formula is C14H23LiN3O3S. The average Bonchev–Trinajstić information content (AvgIpc) is 2.83. The van der Waals surface area contributed by atoms with Crippen molar-refractivity contribution < 1.29 is 14.7 Å². The number of urea groups is 1. The molecule has 6 nitrogen and oxygen atoms in total. The van der Waals surface area contributed by atoms with Crippen LogP contribution in [0, 0.1) is 5.92 Å². The molecule has 1 aromatic rings. The number of hydrogen-bond acceptors (Lipinski definition) is 4. The van der Waals surface area contributed by atoms with Gasteiger partial charge in [0.25, 0.3) is 0 Å². The normalized spacial score (nSPS) is 12.0. The number of aromatic nitrogens is 1. The molecule has 0 aliphatic rings. The number of aliphatic carboxylic acids is 1. The quantitative estimate of drug-likeness (QED) is 0.787. The number of carbonyl (C=O) groups is 2. The summed E-state index contributed by atoms with van der Waals surface area (Å²) in [6.45, 7) is 8.01. The number of carboxylic acids is 1. The van der Waals surface area contributed by atoms with E-state index >= 15 is 0 Å². The summed E-state index contributed by atoms with van der Waals surface area (Å²) in [6, 6.07) is -1.29. The van der Waals surface area contributed by atoms with Crippen LogP contribution in [-0.4, -0.2) is 58.9 Å². The number of carbonyl (C=O) groups excluding carboxylic acids is 1. The second-order valence-corrected chi connectivity index (χ2v) is 6.59. The first kappa shape index (κ1) is 21.0. The Kier molecular flexibility index (Phi) is 8.75. The maximum atomic E-state index is 12.0. The van der Waals surface area contributed by atoms with E-state index < -0.39 is 18.0 Å². The molecule has 8 heteroatoms. The van der Waals surface area contributed by atoms with E-state index in [0.717, 1.165) is 10.7 Å². The molecule has 0 aromatic carbocycles. The van der Waals surface area contributed by atoms with Gasteiger partial charge in [-0.2, -0.15) is 0 Å². The molecule has 0 fully saturated rings. The largest absolute Gasteiger partial charge is 0.480 e. The van der Waals surface area contributed by atoms with Gasteiger partial charge in [0.15, 0.2) is 0 Å². The Balaban J connectivity index is 0.00000441. The van der Waals surface area contributed by atoms with Crippen molar-refractivity contribution in [1.82, 2.24) is 15.2 Å². The van der Waals surface area contributed by atoms with Gasteiger partial charge >= 0.3 is 12.0 Å². The molecule has 119 valence electrons. The molecule has 1 radical (unpaired) electrons. The molecule has 1 rings (SSSR count). The zero-order valence-electron chi connectivity index (χ0n) is 14.1. The van der Waals surface area contributed by atoms with Gasteiger partial charge in [-0.25, -0.2) is 14.6 Å². The van der Waals surface area contributed by atoms with E-state index in [1.807, 2.05) is 5.38 Å². The molecule has 0 bridgehead atoms. The molecule has 2 N–H and O–H groups in total. The topological polar surface area (TPSA) is 82.5 Å². The molecule has 1 heterocycles. The van der Waals surface area contributed by atoms with Crippen molar-refractivity contribution in [3.05, 3.63) is 16.1 Å². The van der Waals surface area contributed by atoms with Crippen LogP contribution >= 0.6 is 11.3 Å². The fourth-order valence-corrected chi connectivity index (χ4v) is 2.56. The first-order chi connectivity index (χ1) is 9.72. The smallest absolute Gasteiger partial charge is 0.326 e. The van der Waals surface area contributed by atoms with Gasteiger partial charge < -0.3 is 15.3 Å².